The summed E-state index contributed by atoms with van der Waals surface area (Å²) in [5, 5.41) is 3.03. The zero-order valence-electron chi connectivity index (χ0n) is 18.3. The highest BCUT2D eigenvalue weighted by molar-refractivity contribution is 7.89. The summed E-state index contributed by atoms with van der Waals surface area (Å²) in [6.45, 7) is 8.44. The van der Waals surface area contributed by atoms with Crippen molar-refractivity contribution >= 4 is 21.6 Å². The molecular formula is C21H34N4O4S. The number of sulfonamides is 1. The average Bonchev–Trinajstić information content (AvgIpc) is 3.25. The molecule has 9 heteroatoms. The summed E-state index contributed by atoms with van der Waals surface area (Å²) in [5.41, 5.74) is 1.15. The van der Waals surface area contributed by atoms with Gasteiger partial charge in [-0.2, -0.15) is 0 Å². The Morgan fingerprint density at radius 2 is 1.83 bits per heavy atom. The van der Waals surface area contributed by atoms with Gasteiger partial charge in [0.15, 0.2) is 0 Å². The van der Waals surface area contributed by atoms with Crippen molar-refractivity contribution in [3.8, 4) is 0 Å². The lowest BCUT2D eigenvalue weighted by molar-refractivity contribution is 0.0943. The molecule has 2 aliphatic rings. The molecule has 1 unspecified atom stereocenters. The maximum atomic E-state index is 13.1. The van der Waals surface area contributed by atoms with Crippen molar-refractivity contribution in [2.45, 2.75) is 24.7 Å². The number of ether oxygens (including phenoxy) is 1. The minimum atomic E-state index is -3.62. The lowest BCUT2D eigenvalue weighted by atomic mass is 10.1. The van der Waals surface area contributed by atoms with Crippen molar-refractivity contribution in [2.75, 3.05) is 71.5 Å². The summed E-state index contributed by atoms with van der Waals surface area (Å²) in [6, 6.07) is 4.82. The van der Waals surface area contributed by atoms with E-state index in [0.717, 1.165) is 29.6 Å². The topological polar surface area (TPSA) is 82.2 Å². The molecular weight excluding hydrogens is 404 g/mol. The van der Waals surface area contributed by atoms with E-state index in [2.05, 4.69) is 22.0 Å². The molecule has 8 nitrogen and oxygen atoms in total. The summed E-state index contributed by atoms with van der Waals surface area (Å²) < 4.78 is 31.8. The Balaban J connectivity index is 1.78. The molecule has 2 aliphatic heterocycles. The Kier molecular flexibility index (Phi) is 7.73. The summed E-state index contributed by atoms with van der Waals surface area (Å²) in [7, 11) is -0.642. The second-order valence-electron chi connectivity index (χ2n) is 8.39. The molecule has 168 valence electrons. The average molecular weight is 439 g/mol. The SMILES string of the molecule is CC(CNC(=O)c1cc(S(=O)(=O)N(C)C)ccc1N1CCOCC1)CN1CCCC1. The second kappa shape index (κ2) is 10.1. The Morgan fingerprint density at radius 1 is 1.17 bits per heavy atom. The van der Waals surface area contributed by atoms with Crippen LogP contribution >= 0.6 is 0 Å². The molecule has 0 radical (unpaired) electrons. The predicted octanol–water partition coefficient (Wildman–Crippen LogP) is 1.24. The smallest absolute Gasteiger partial charge is 0.253 e. The van der Waals surface area contributed by atoms with Gasteiger partial charge in [0.05, 0.1) is 23.7 Å². The van der Waals surface area contributed by atoms with E-state index in [4.69, 9.17) is 4.74 Å². The van der Waals surface area contributed by atoms with Gasteiger partial charge in [-0.15, -0.1) is 0 Å². The van der Waals surface area contributed by atoms with E-state index in [0.29, 0.717) is 44.3 Å². The van der Waals surface area contributed by atoms with E-state index in [9.17, 15) is 13.2 Å². The molecule has 0 spiro atoms. The number of anilines is 1. The molecule has 3 rings (SSSR count). The Bertz CT molecular complexity index is 831. The molecule has 1 aromatic carbocycles. The first-order valence-electron chi connectivity index (χ1n) is 10.7. The number of amides is 1. The van der Waals surface area contributed by atoms with Crippen LogP contribution in [0.3, 0.4) is 0 Å². The first-order valence-corrected chi connectivity index (χ1v) is 12.1. The zero-order chi connectivity index (χ0) is 21.7. The van der Waals surface area contributed by atoms with Crippen molar-refractivity contribution in [1.29, 1.82) is 0 Å². The molecule has 1 atom stereocenters. The highest BCUT2D eigenvalue weighted by Gasteiger charge is 2.24. The molecule has 0 saturated carbocycles. The predicted molar refractivity (Wildman–Crippen MR) is 118 cm³/mol. The number of benzene rings is 1. The zero-order valence-corrected chi connectivity index (χ0v) is 19.1. The summed E-state index contributed by atoms with van der Waals surface area (Å²) in [5.74, 6) is 0.0909. The molecule has 2 fully saturated rings. The van der Waals surface area contributed by atoms with Gasteiger partial charge in [0.2, 0.25) is 10.0 Å². The van der Waals surface area contributed by atoms with Crippen LogP contribution in [0, 0.1) is 5.92 Å². The van der Waals surface area contributed by atoms with Crippen LogP contribution in [0.2, 0.25) is 0 Å². The molecule has 0 aliphatic carbocycles. The first kappa shape index (κ1) is 23.0. The molecule has 0 aromatic heterocycles. The third-order valence-electron chi connectivity index (χ3n) is 5.72. The minimum absolute atomic E-state index is 0.125. The lowest BCUT2D eigenvalue weighted by Gasteiger charge is -2.30. The van der Waals surface area contributed by atoms with Crippen LogP contribution in [0.1, 0.15) is 30.1 Å². The number of hydrogen-bond donors (Lipinski definition) is 1. The van der Waals surface area contributed by atoms with Gasteiger partial charge in [-0.3, -0.25) is 4.79 Å². The van der Waals surface area contributed by atoms with Gasteiger partial charge < -0.3 is 19.9 Å². The van der Waals surface area contributed by atoms with Crippen molar-refractivity contribution in [3.05, 3.63) is 23.8 Å². The van der Waals surface area contributed by atoms with E-state index in [1.54, 1.807) is 12.1 Å². The van der Waals surface area contributed by atoms with E-state index in [1.165, 1.54) is 33.0 Å². The minimum Gasteiger partial charge on any atom is -0.378 e. The molecule has 30 heavy (non-hydrogen) atoms. The number of nitrogens with zero attached hydrogens (tertiary/aromatic N) is 3. The largest absolute Gasteiger partial charge is 0.378 e. The highest BCUT2D eigenvalue weighted by Crippen LogP contribution is 2.26. The number of carbonyl (C=O) groups is 1. The standard InChI is InChI=1S/C21H34N4O4S/c1-17(16-24-8-4-5-9-24)15-22-21(26)19-14-18(30(27,28)23(2)3)6-7-20(19)25-10-12-29-13-11-25/h6-7,14,17H,4-5,8-13,15-16H2,1-3H3,(H,22,26). The van der Waals surface area contributed by atoms with Crippen molar-refractivity contribution < 1.29 is 17.9 Å². The fraction of sp³-hybridized carbons (Fsp3) is 0.667. The maximum Gasteiger partial charge on any atom is 0.253 e. The van der Waals surface area contributed by atoms with E-state index in [1.807, 2.05) is 0 Å². The fourth-order valence-corrected chi connectivity index (χ4v) is 4.91. The van der Waals surface area contributed by atoms with Gasteiger partial charge in [-0.1, -0.05) is 6.92 Å². The third kappa shape index (κ3) is 5.51. The monoisotopic (exact) mass is 438 g/mol. The van der Waals surface area contributed by atoms with Crippen molar-refractivity contribution in [3.63, 3.8) is 0 Å². The van der Waals surface area contributed by atoms with Crippen LogP contribution in [-0.2, 0) is 14.8 Å². The number of likely N-dealkylation sites (tertiary alicyclic amines) is 1. The summed E-state index contributed by atoms with van der Waals surface area (Å²) in [4.78, 5) is 17.7. The van der Waals surface area contributed by atoms with Gasteiger partial charge in [0.25, 0.3) is 5.91 Å². The third-order valence-corrected chi connectivity index (χ3v) is 7.53. The van der Waals surface area contributed by atoms with Crippen LogP contribution in [-0.4, -0.2) is 90.1 Å². The van der Waals surface area contributed by atoms with Gasteiger partial charge in [-0.25, -0.2) is 12.7 Å². The van der Waals surface area contributed by atoms with Gasteiger partial charge in [0, 0.05) is 46.0 Å². The Labute approximate surface area is 180 Å². The molecule has 1 aromatic rings. The molecule has 2 saturated heterocycles. The molecule has 1 amide bonds. The summed E-state index contributed by atoms with van der Waals surface area (Å²) in [6.07, 6.45) is 2.49. The normalized spacial score (nSPS) is 19.3. The summed E-state index contributed by atoms with van der Waals surface area (Å²) >= 11 is 0. The van der Waals surface area contributed by atoms with Gasteiger partial charge >= 0.3 is 0 Å². The lowest BCUT2D eigenvalue weighted by Crippen LogP contribution is -2.39. The second-order valence-corrected chi connectivity index (χ2v) is 10.5. The van der Waals surface area contributed by atoms with Crippen molar-refractivity contribution in [2.24, 2.45) is 5.92 Å². The Morgan fingerprint density at radius 3 is 2.47 bits per heavy atom. The van der Waals surface area contributed by atoms with Crippen LogP contribution in [0.25, 0.3) is 0 Å². The molecule has 1 N–H and O–H groups in total. The van der Waals surface area contributed by atoms with E-state index in [-0.39, 0.29) is 10.8 Å². The van der Waals surface area contributed by atoms with Gasteiger partial charge in [-0.05, 0) is 50.0 Å². The molecule has 2 heterocycles. The van der Waals surface area contributed by atoms with Crippen molar-refractivity contribution in [1.82, 2.24) is 14.5 Å². The number of hydrogen-bond acceptors (Lipinski definition) is 6. The van der Waals surface area contributed by atoms with E-state index >= 15 is 0 Å². The number of morpholine rings is 1. The fourth-order valence-electron chi connectivity index (χ4n) is 3.98. The van der Waals surface area contributed by atoms with Gasteiger partial charge in [0.1, 0.15) is 0 Å². The Hall–Kier alpha value is -1.68. The van der Waals surface area contributed by atoms with E-state index < -0.39 is 10.0 Å². The molecule has 0 bridgehead atoms. The number of rotatable bonds is 8. The van der Waals surface area contributed by atoms with Crippen LogP contribution < -0.4 is 10.2 Å². The first-order chi connectivity index (χ1) is 14.3. The highest BCUT2D eigenvalue weighted by atomic mass is 32.2. The maximum absolute atomic E-state index is 13.1. The van der Waals surface area contributed by atoms with Crippen LogP contribution in [0.5, 0.6) is 0 Å². The number of nitrogens with one attached hydrogen (secondary N) is 1. The van der Waals surface area contributed by atoms with Crippen LogP contribution in [0.4, 0.5) is 5.69 Å². The van der Waals surface area contributed by atoms with Crippen LogP contribution in [0.15, 0.2) is 23.1 Å². The quantitative estimate of drug-likeness (QED) is 0.658. The number of carbonyl (C=O) groups excluding carboxylic acids is 1.